The van der Waals surface area contributed by atoms with Crippen LogP contribution >= 0.6 is 62.3 Å². The lowest BCUT2D eigenvalue weighted by Gasteiger charge is -2.50. The number of ketones is 2. The zero-order valence-electron chi connectivity index (χ0n) is 14.4. The molecule has 3 rings (SSSR count). The fourth-order valence-electron chi connectivity index (χ4n) is 3.65. The zero-order valence-corrected chi connectivity index (χ0v) is 19.0. The average molecular weight is 527 g/mol. The summed E-state index contributed by atoms with van der Waals surface area (Å²) in [5.41, 5.74) is 0.728. The predicted octanol–water partition coefficient (Wildman–Crippen LogP) is 5.56. The maximum Gasteiger partial charge on any atom is 0.199 e. The predicted molar refractivity (Wildman–Crippen MR) is 114 cm³/mol. The molecule has 0 fully saturated rings. The van der Waals surface area contributed by atoms with Crippen LogP contribution in [-0.4, -0.2) is 33.5 Å². The summed E-state index contributed by atoms with van der Waals surface area (Å²) in [5.74, 6) is -2.69. The van der Waals surface area contributed by atoms with Crippen LogP contribution in [0.4, 0.5) is 0 Å². The molecular formula is C19H13BrCl4O4. The molecule has 28 heavy (non-hydrogen) atoms. The second kappa shape index (κ2) is 7.37. The van der Waals surface area contributed by atoms with E-state index in [9.17, 15) is 14.7 Å². The molecular weight excluding hydrogens is 514 g/mol. The summed E-state index contributed by atoms with van der Waals surface area (Å²) in [5, 5.41) is 9.81. The number of halogens is 5. The Morgan fingerprint density at radius 2 is 1.86 bits per heavy atom. The third-order valence-corrected chi connectivity index (χ3v) is 7.75. The van der Waals surface area contributed by atoms with Crippen LogP contribution in [-0.2, 0) is 9.59 Å². The van der Waals surface area contributed by atoms with Gasteiger partial charge in [-0.25, -0.2) is 0 Å². The van der Waals surface area contributed by atoms with Crippen LogP contribution in [0.15, 0.2) is 51.0 Å². The van der Waals surface area contributed by atoms with E-state index >= 15 is 0 Å². The Morgan fingerprint density at radius 3 is 2.43 bits per heavy atom. The highest BCUT2D eigenvalue weighted by molar-refractivity contribution is 9.10. The normalized spacial score (nSPS) is 30.1. The number of fused-ring (bicyclic) bond motifs is 1. The van der Waals surface area contributed by atoms with Crippen molar-refractivity contribution in [1.82, 2.24) is 0 Å². The average Bonchev–Trinajstić information content (AvgIpc) is 2.68. The fraction of sp³-hybridized carbons (Fsp3) is 0.263. The Morgan fingerprint density at radius 1 is 1.25 bits per heavy atom. The number of allylic oxidation sites excluding steroid dienone is 5. The monoisotopic (exact) mass is 524 g/mol. The number of benzene rings is 1. The van der Waals surface area contributed by atoms with E-state index in [0.29, 0.717) is 10.0 Å². The van der Waals surface area contributed by atoms with Gasteiger partial charge >= 0.3 is 0 Å². The van der Waals surface area contributed by atoms with Gasteiger partial charge in [-0.1, -0.05) is 57.9 Å². The minimum Gasteiger partial charge on any atom is -0.504 e. The molecule has 0 spiro atoms. The van der Waals surface area contributed by atoms with Crippen molar-refractivity contribution in [3.05, 3.63) is 56.5 Å². The van der Waals surface area contributed by atoms with Gasteiger partial charge in [0.25, 0.3) is 0 Å². The Kier molecular flexibility index (Phi) is 5.72. The number of hydrogen-bond acceptors (Lipinski definition) is 4. The lowest BCUT2D eigenvalue weighted by Crippen LogP contribution is -2.64. The molecule has 2 aliphatic rings. The van der Waals surface area contributed by atoms with Crippen LogP contribution in [0.5, 0.6) is 11.5 Å². The summed E-state index contributed by atoms with van der Waals surface area (Å²) < 4.78 is 5.75. The van der Waals surface area contributed by atoms with Crippen LogP contribution in [0.25, 0.3) is 0 Å². The van der Waals surface area contributed by atoms with Crippen molar-refractivity contribution >= 4 is 73.9 Å². The molecule has 0 bridgehead atoms. The first-order valence-corrected chi connectivity index (χ1v) is 10.3. The van der Waals surface area contributed by atoms with Crippen molar-refractivity contribution < 1.29 is 19.4 Å². The summed E-state index contributed by atoms with van der Waals surface area (Å²) in [6, 6.07) is 3.11. The van der Waals surface area contributed by atoms with E-state index in [1.807, 2.05) is 0 Å². The number of phenols is 1. The van der Waals surface area contributed by atoms with Gasteiger partial charge < -0.3 is 9.84 Å². The highest BCUT2D eigenvalue weighted by Crippen LogP contribution is 2.61. The number of aromatic hydroxyl groups is 1. The van der Waals surface area contributed by atoms with E-state index in [2.05, 4.69) is 22.5 Å². The van der Waals surface area contributed by atoms with Crippen LogP contribution in [0.3, 0.4) is 0 Å². The van der Waals surface area contributed by atoms with Gasteiger partial charge in [0, 0.05) is 16.0 Å². The maximum absolute atomic E-state index is 13.2. The second-order valence-corrected chi connectivity index (χ2v) is 9.30. The zero-order chi connectivity index (χ0) is 21.0. The molecule has 0 saturated carbocycles. The van der Waals surface area contributed by atoms with Gasteiger partial charge in [-0.3, -0.25) is 9.59 Å². The molecule has 1 aromatic rings. The van der Waals surface area contributed by atoms with Crippen LogP contribution in [0.2, 0.25) is 0 Å². The summed E-state index contributed by atoms with van der Waals surface area (Å²) in [4.78, 5) is 22.2. The molecule has 148 valence electrons. The number of hydrogen-bond donors (Lipinski definition) is 1. The van der Waals surface area contributed by atoms with Crippen molar-refractivity contribution in [2.24, 2.45) is 0 Å². The topological polar surface area (TPSA) is 63.6 Å². The number of phenolic OH excluding ortho intramolecular Hbond substituents is 1. The lowest BCUT2D eigenvalue weighted by atomic mass is 9.62. The van der Waals surface area contributed by atoms with Gasteiger partial charge in [-0.15, -0.1) is 23.2 Å². The number of carbonyl (C=O) groups excluding carboxylic acids is 2. The Bertz CT molecular complexity index is 986. The number of methoxy groups -OCH3 is 1. The van der Waals surface area contributed by atoms with E-state index in [1.165, 1.54) is 13.2 Å². The molecule has 0 amide bonds. The molecule has 0 aromatic heterocycles. The number of Topliss-reactive ketones (excluding diaryl/α,β-unsaturated/α-hetero) is 2. The Balaban J connectivity index is 2.40. The van der Waals surface area contributed by atoms with Crippen LogP contribution in [0.1, 0.15) is 17.9 Å². The number of alkyl halides is 2. The first-order valence-electron chi connectivity index (χ1n) is 7.96. The minimum absolute atomic E-state index is 0.0627. The Hall–Kier alpha value is -0.980. The van der Waals surface area contributed by atoms with Crippen LogP contribution in [0, 0.1) is 0 Å². The summed E-state index contributed by atoms with van der Waals surface area (Å²) in [7, 11) is 1.38. The first-order chi connectivity index (χ1) is 13.0. The van der Waals surface area contributed by atoms with Crippen LogP contribution < -0.4 is 4.74 Å². The van der Waals surface area contributed by atoms with E-state index < -0.39 is 37.3 Å². The molecule has 0 heterocycles. The molecule has 0 radical (unpaired) electrons. The summed E-state index contributed by atoms with van der Waals surface area (Å²) >= 11 is 28.9. The van der Waals surface area contributed by atoms with E-state index in [0.717, 1.165) is 0 Å². The molecule has 2 aliphatic carbocycles. The molecule has 1 N–H and O–H groups in total. The van der Waals surface area contributed by atoms with E-state index in [4.69, 9.17) is 51.1 Å². The van der Waals surface area contributed by atoms with Crippen molar-refractivity contribution in [2.45, 2.75) is 22.1 Å². The molecule has 9 heteroatoms. The minimum atomic E-state index is -2.04. The summed E-state index contributed by atoms with van der Waals surface area (Å²) in [6.45, 7) is 3.76. The maximum atomic E-state index is 13.2. The number of ether oxygens (including phenoxy) is 1. The van der Waals surface area contributed by atoms with Gasteiger partial charge in [0.05, 0.1) is 7.11 Å². The van der Waals surface area contributed by atoms with E-state index in [-0.39, 0.29) is 23.5 Å². The molecule has 0 aliphatic heterocycles. The standard InChI is InChI=1S/C19H13BrCl4O4/c1-3-8-4-5-18(23)16(26)13(21)14(22)17(27)19(18,24)12(8)10-6-9(20)7-11(28-2)15(10)25/h3-4,6-7,12,25H,1,5H2,2H3. The fourth-order valence-corrected chi connectivity index (χ4v) is 5.55. The molecule has 3 unspecified atom stereocenters. The summed E-state index contributed by atoms with van der Waals surface area (Å²) in [6.07, 6.45) is 3.07. The molecule has 3 atom stereocenters. The number of carbonyl (C=O) groups is 2. The largest absolute Gasteiger partial charge is 0.504 e. The smallest absolute Gasteiger partial charge is 0.199 e. The first kappa shape index (κ1) is 21.7. The molecule has 0 saturated heterocycles. The highest BCUT2D eigenvalue weighted by Gasteiger charge is 2.68. The second-order valence-electron chi connectivity index (χ2n) is 6.39. The van der Waals surface area contributed by atoms with E-state index in [1.54, 1.807) is 18.2 Å². The van der Waals surface area contributed by atoms with Crippen molar-refractivity contribution in [2.75, 3.05) is 7.11 Å². The lowest BCUT2D eigenvalue weighted by molar-refractivity contribution is -0.127. The van der Waals surface area contributed by atoms with Gasteiger partial charge in [-0.2, -0.15) is 0 Å². The van der Waals surface area contributed by atoms with Gasteiger partial charge in [0.15, 0.2) is 23.1 Å². The Labute approximate surface area is 189 Å². The number of rotatable bonds is 3. The van der Waals surface area contributed by atoms with Gasteiger partial charge in [0.2, 0.25) is 0 Å². The molecule has 1 aromatic carbocycles. The highest BCUT2D eigenvalue weighted by atomic mass is 79.9. The van der Waals surface area contributed by atoms with Gasteiger partial charge in [-0.05, 0) is 24.1 Å². The van der Waals surface area contributed by atoms with Gasteiger partial charge in [0.1, 0.15) is 19.8 Å². The van der Waals surface area contributed by atoms with Crippen molar-refractivity contribution in [1.29, 1.82) is 0 Å². The quantitative estimate of drug-likeness (QED) is 0.524. The van der Waals surface area contributed by atoms with Crippen molar-refractivity contribution in [3.63, 3.8) is 0 Å². The van der Waals surface area contributed by atoms with Crippen molar-refractivity contribution in [3.8, 4) is 11.5 Å². The third kappa shape index (κ3) is 2.78. The SMILES string of the molecule is C=CC1=CCC2(Cl)C(=O)C(Cl)=C(Cl)C(=O)C2(Cl)C1c1cc(Br)cc(OC)c1O. The third-order valence-electron chi connectivity index (χ3n) is 5.04. The molecule has 4 nitrogen and oxygen atoms in total.